The second-order valence-electron chi connectivity index (χ2n) is 7.08. The van der Waals surface area contributed by atoms with Crippen molar-refractivity contribution >= 4 is 5.71 Å². The van der Waals surface area contributed by atoms with Gasteiger partial charge in [-0.3, -0.25) is 4.99 Å². The van der Waals surface area contributed by atoms with Gasteiger partial charge in [0.25, 0.3) is 0 Å². The maximum atomic E-state index is 13.1. The standard InChI is InChI=1S/C23H27FN2/c1-17-6-9-19(10-7-17)22(25-5)15-8-18(2)26-16-23(3,4)20-11-13-21(24)14-12-20/h6-15,26H,2,16H2,1,3-5H3/b15-8-,25-22?. The fourth-order valence-electron chi connectivity index (χ4n) is 2.60. The Labute approximate surface area is 156 Å². The molecule has 0 aliphatic heterocycles. The van der Waals surface area contributed by atoms with Crippen LogP contribution in [-0.2, 0) is 5.41 Å². The molecule has 0 amide bonds. The first kappa shape index (κ1) is 19.6. The minimum Gasteiger partial charge on any atom is -0.385 e. The van der Waals surface area contributed by atoms with E-state index >= 15 is 0 Å². The van der Waals surface area contributed by atoms with Gasteiger partial charge in [-0.1, -0.05) is 62.4 Å². The van der Waals surface area contributed by atoms with Crippen LogP contribution in [0.2, 0.25) is 0 Å². The lowest BCUT2D eigenvalue weighted by Gasteiger charge is -2.26. The molecule has 0 atom stereocenters. The van der Waals surface area contributed by atoms with Gasteiger partial charge in [-0.15, -0.1) is 0 Å². The van der Waals surface area contributed by atoms with Crippen LogP contribution in [0.3, 0.4) is 0 Å². The lowest BCUT2D eigenvalue weighted by atomic mass is 9.84. The van der Waals surface area contributed by atoms with E-state index in [9.17, 15) is 4.39 Å². The van der Waals surface area contributed by atoms with Gasteiger partial charge in [0.1, 0.15) is 5.82 Å². The molecule has 0 aromatic heterocycles. The number of rotatable bonds is 7. The van der Waals surface area contributed by atoms with E-state index in [-0.39, 0.29) is 11.2 Å². The molecule has 0 saturated carbocycles. The lowest BCUT2D eigenvalue weighted by molar-refractivity contribution is 0.497. The number of allylic oxidation sites excluding steroid dienone is 2. The third kappa shape index (κ3) is 5.41. The molecular weight excluding hydrogens is 323 g/mol. The Morgan fingerprint density at radius 1 is 1.08 bits per heavy atom. The van der Waals surface area contributed by atoms with Crippen LogP contribution in [0.15, 0.2) is 78.0 Å². The molecule has 2 nitrogen and oxygen atoms in total. The largest absolute Gasteiger partial charge is 0.385 e. The molecule has 0 radical (unpaired) electrons. The summed E-state index contributed by atoms with van der Waals surface area (Å²) in [5.41, 5.74) is 4.97. The zero-order valence-electron chi connectivity index (χ0n) is 16.0. The summed E-state index contributed by atoms with van der Waals surface area (Å²) >= 11 is 0. The summed E-state index contributed by atoms with van der Waals surface area (Å²) in [6, 6.07) is 14.9. The Hall–Kier alpha value is -2.68. The highest BCUT2D eigenvalue weighted by atomic mass is 19.1. The molecule has 0 aliphatic rings. The number of nitrogens with one attached hydrogen (secondary N) is 1. The number of hydrogen-bond acceptors (Lipinski definition) is 2. The molecule has 0 unspecified atom stereocenters. The highest BCUT2D eigenvalue weighted by molar-refractivity contribution is 6.08. The average Bonchev–Trinajstić information content (AvgIpc) is 2.62. The Morgan fingerprint density at radius 3 is 2.27 bits per heavy atom. The number of halogens is 1. The van der Waals surface area contributed by atoms with Crippen LogP contribution < -0.4 is 5.32 Å². The molecule has 136 valence electrons. The molecule has 2 aromatic carbocycles. The topological polar surface area (TPSA) is 24.4 Å². The molecule has 2 rings (SSSR count). The van der Waals surface area contributed by atoms with Crippen molar-refractivity contribution in [1.29, 1.82) is 0 Å². The highest BCUT2D eigenvalue weighted by Gasteiger charge is 2.20. The summed E-state index contributed by atoms with van der Waals surface area (Å²) in [7, 11) is 1.79. The van der Waals surface area contributed by atoms with Crippen LogP contribution in [0.4, 0.5) is 4.39 Å². The molecular formula is C23H27FN2. The smallest absolute Gasteiger partial charge is 0.123 e. The lowest BCUT2D eigenvalue weighted by Crippen LogP contribution is -2.32. The molecule has 1 N–H and O–H groups in total. The molecule has 0 spiro atoms. The van der Waals surface area contributed by atoms with Gasteiger partial charge >= 0.3 is 0 Å². The fraction of sp³-hybridized carbons (Fsp3) is 0.261. The van der Waals surface area contributed by atoms with Crippen LogP contribution >= 0.6 is 0 Å². The molecule has 3 heteroatoms. The van der Waals surface area contributed by atoms with Crippen LogP contribution in [0, 0.1) is 12.7 Å². The Kier molecular flexibility index (Phi) is 6.51. The van der Waals surface area contributed by atoms with Crippen LogP contribution in [0.1, 0.15) is 30.5 Å². The Bertz CT molecular complexity index is 797. The van der Waals surface area contributed by atoms with Crippen LogP contribution in [0.5, 0.6) is 0 Å². The van der Waals surface area contributed by atoms with E-state index in [1.165, 1.54) is 17.7 Å². The predicted octanol–water partition coefficient (Wildman–Crippen LogP) is 5.19. The average molecular weight is 350 g/mol. The van der Waals surface area contributed by atoms with Gasteiger partial charge in [0, 0.05) is 24.7 Å². The second-order valence-corrected chi connectivity index (χ2v) is 7.08. The molecule has 0 bridgehead atoms. The summed E-state index contributed by atoms with van der Waals surface area (Å²) in [6.45, 7) is 11.1. The van der Waals surface area contributed by atoms with E-state index in [0.29, 0.717) is 6.54 Å². The van der Waals surface area contributed by atoms with Crippen molar-refractivity contribution in [1.82, 2.24) is 5.32 Å². The van der Waals surface area contributed by atoms with E-state index in [2.05, 4.69) is 61.9 Å². The third-order valence-electron chi connectivity index (χ3n) is 4.41. The first-order chi connectivity index (χ1) is 12.3. The maximum absolute atomic E-state index is 13.1. The maximum Gasteiger partial charge on any atom is 0.123 e. The second kappa shape index (κ2) is 8.61. The van der Waals surface area contributed by atoms with E-state index in [4.69, 9.17) is 0 Å². The van der Waals surface area contributed by atoms with Crippen molar-refractivity contribution < 1.29 is 4.39 Å². The number of hydrogen-bond donors (Lipinski definition) is 1. The first-order valence-electron chi connectivity index (χ1n) is 8.72. The van der Waals surface area contributed by atoms with E-state index < -0.39 is 0 Å². The molecule has 0 fully saturated rings. The number of aryl methyl sites for hydroxylation is 1. The van der Waals surface area contributed by atoms with Gasteiger partial charge in [-0.05, 0) is 42.3 Å². The van der Waals surface area contributed by atoms with Crippen molar-refractivity contribution in [3.63, 3.8) is 0 Å². The summed E-state index contributed by atoms with van der Waals surface area (Å²) < 4.78 is 13.1. The van der Waals surface area contributed by atoms with Crippen molar-refractivity contribution in [2.24, 2.45) is 4.99 Å². The van der Waals surface area contributed by atoms with Gasteiger partial charge in [0.2, 0.25) is 0 Å². The van der Waals surface area contributed by atoms with Crippen molar-refractivity contribution in [3.8, 4) is 0 Å². The fourth-order valence-corrected chi connectivity index (χ4v) is 2.60. The number of aliphatic imine (C=N–C) groups is 1. The van der Waals surface area contributed by atoms with Crippen molar-refractivity contribution in [2.75, 3.05) is 13.6 Å². The van der Waals surface area contributed by atoms with Gasteiger partial charge in [-0.2, -0.15) is 0 Å². The minimum absolute atomic E-state index is 0.136. The van der Waals surface area contributed by atoms with Gasteiger partial charge < -0.3 is 5.32 Å². The van der Waals surface area contributed by atoms with Crippen LogP contribution in [-0.4, -0.2) is 19.3 Å². The zero-order chi connectivity index (χ0) is 19.2. The van der Waals surface area contributed by atoms with Crippen LogP contribution in [0.25, 0.3) is 0 Å². The quantitative estimate of drug-likeness (QED) is 0.539. The monoisotopic (exact) mass is 350 g/mol. The molecule has 0 aliphatic carbocycles. The summed E-state index contributed by atoms with van der Waals surface area (Å²) in [5.74, 6) is -0.215. The van der Waals surface area contributed by atoms with E-state index in [1.54, 1.807) is 7.05 Å². The zero-order valence-corrected chi connectivity index (χ0v) is 16.0. The van der Waals surface area contributed by atoms with E-state index in [1.807, 2.05) is 24.3 Å². The highest BCUT2D eigenvalue weighted by Crippen LogP contribution is 2.22. The molecule has 2 aromatic rings. The van der Waals surface area contributed by atoms with E-state index in [0.717, 1.165) is 22.5 Å². The third-order valence-corrected chi connectivity index (χ3v) is 4.41. The minimum atomic E-state index is -0.215. The van der Waals surface area contributed by atoms with Gasteiger partial charge in [0.15, 0.2) is 0 Å². The van der Waals surface area contributed by atoms with Gasteiger partial charge in [0.05, 0.1) is 5.71 Å². The SMILES string of the molecule is C=C(/C=C\C(=NC)c1ccc(C)cc1)NCC(C)(C)c1ccc(F)cc1. The summed E-state index contributed by atoms with van der Waals surface area (Å²) in [4.78, 5) is 4.35. The predicted molar refractivity (Wildman–Crippen MR) is 109 cm³/mol. The first-order valence-corrected chi connectivity index (χ1v) is 8.72. The van der Waals surface area contributed by atoms with Crippen molar-refractivity contribution in [2.45, 2.75) is 26.2 Å². The normalized spacial score (nSPS) is 12.4. The number of nitrogens with zero attached hydrogens (tertiary/aromatic N) is 1. The molecule has 0 heterocycles. The molecule has 0 saturated heterocycles. The number of benzene rings is 2. The Morgan fingerprint density at radius 2 is 1.69 bits per heavy atom. The summed E-state index contributed by atoms with van der Waals surface area (Å²) in [5, 5.41) is 3.35. The van der Waals surface area contributed by atoms with Crippen molar-refractivity contribution in [3.05, 3.63) is 95.5 Å². The van der Waals surface area contributed by atoms with Gasteiger partial charge in [-0.25, -0.2) is 4.39 Å². The Balaban J connectivity index is 1.97. The summed E-state index contributed by atoms with van der Waals surface area (Å²) in [6.07, 6.45) is 3.90. The molecule has 26 heavy (non-hydrogen) atoms.